The van der Waals surface area contributed by atoms with E-state index in [1.165, 1.54) is 44.5 Å². The summed E-state index contributed by atoms with van der Waals surface area (Å²) in [6.45, 7) is 47.9. The standard InChI is InChI=1S/C39H64/c1-33(2,3)25-21-29(36(10,11)12)32(30(22-25)37(13,14)15)39(19,20)26-23-27(34(4,5)6)31(38(16,17)18)28(24-26)35(7,8)9/h21-24H,1-20H3. The van der Waals surface area contributed by atoms with Crippen molar-refractivity contribution in [3.05, 3.63) is 68.8 Å². The molecular formula is C39H64. The summed E-state index contributed by atoms with van der Waals surface area (Å²) in [6, 6.07) is 10.2. The molecule has 0 bridgehead atoms. The molecule has 0 aliphatic heterocycles. The Labute approximate surface area is 244 Å². The third-order valence-corrected chi connectivity index (χ3v) is 8.47. The number of hydrogen-bond donors (Lipinski definition) is 0. The number of hydrogen-bond acceptors (Lipinski definition) is 0. The summed E-state index contributed by atoms with van der Waals surface area (Å²) in [6.07, 6.45) is 0. The van der Waals surface area contributed by atoms with E-state index in [1.54, 1.807) is 0 Å². The van der Waals surface area contributed by atoms with E-state index in [0.29, 0.717) is 0 Å². The summed E-state index contributed by atoms with van der Waals surface area (Å²) in [5, 5.41) is 0. The smallest absolute Gasteiger partial charge is 0.0152 e. The Morgan fingerprint density at radius 2 is 0.538 bits per heavy atom. The van der Waals surface area contributed by atoms with Gasteiger partial charge in [0.2, 0.25) is 0 Å². The predicted octanol–water partition coefficient (Wildman–Crippen LogP) is 11.8. The highest BCUT2D eigenvalue weighted by atomic mass is 14.4. The van der Waals surface area contributed by atoms with Crippen LogP contribution in [-0.4, -0.2) is 0 Å². The normalized spacial score (nSPS) is 14.7. The van der Waals surface area contributed by atoms with Gasteiger partial charge in [-0.25, -0.2) is 0 Å². The van der Waals surface area contributed by atoms with Crippen molar-refractivity contribution < 1.29 is 0 Å². The van der Waals surface area contributed by atoms with Crippen LogP contribution < -0.4 is 0 Å². The highest BCUT2D eigenvalue weighted by Crippen LogP contribution is 2.49. The summed E-state index contributed by atoms with van der Waals surface area (Å²) < 4.78 is 0. The third kappa shape index (κ3) is 7.02. The van der Waals surface area contributed by atoms with Gasteiger partial charge < -0.3 is 0 Å². The van der Waals surface area contributed by atoms with E-state index in [9.17, 15) is 0 Å². The molecule has 2 aromatic carbocycles. The fourth-order valence-corrected chi connectivity index (χ4v) is 6.07. The maximum atomic E-state index is 2.58. The van der Waals surface area contributed by atoms with Crippen molar-refractivity contribution in [2.24, 2.45) is 0 Å². The minimum Gasteiger partial charge on any atom is -0.0561 e. The highest BCUT2D eigenvalue weighted by Gasteiger charge is 2.39. The van der Waals surface area contributed by atoms with Gasteiger partial charge in [-0.05, 0) is 77.0 Å². The molecule has 0 aromatic heterocycles. The SMILES string of the molecule is CC(C)(C)c1cc(C(C)(C)C)c(C(C)(C)c2cc(C(C)(C)C)c(C(C)(C)C)c(C(C)(C)C)c2)c(C(C)(C)C)c1. The fourth-order valence-electron chi connectivity index (χ4n) is 6.07. The van der Waals surface area contributed by atoms with Crippen molar-refractivity contribution in [1.29, 1.82) is 0 Å². The van der Waals surface area contributed by atoms with E-state index < -0.39 is 0 Å². The van der Waals surface area contributed by atoms with Crippen LogP contribution in [0, 0.1) is 0 Å². The molecule has 0 aliphatic carbocycles. The van der Waals surface area contributed by atoms with Gasteiger partial charge in [-0.1, -0.05) is 163 Å². The molecule has 0 amide bonds. The summed E-state index contributed by atoms with van der Waals surface area (Å²) >= 11 is 0. The van der Waals surface area contributed by atoms with Gasteiger partial charge in [0, 0.05) is 5.41 Å². The van der Waals surface area contributed by atoms with Gasteiger partial charge in [-0.2, -0.15) is 0 Å². The maximum Gasteiger partial charge on any atom is 0.0152 e. The van der Waals surface area contributed by atoms with Gasteiger partial charge in [0.05, 0.1) is 0 Å². The molecule has 220 valence electrons. The van der Waals surface area contributed by atoms with E-state index in [0.717, 1.165) is 0 Å². The molecule has 0 aliphatic rings. The Balaban J connectivity index is 3.24. The van der Waals surface area contributed by atoms with E-state index in [-0.39, 0.29) is 37.9 Å². The van der Waals surface area contributed by atoms with Crippen LogP contribution in [0.2, 0.25) is 0 Å². The highest BCUT2D eigenvalue weighted by molar-refractivity contribution is 5.58. The molecule has 0 atom stereocenters. The first-order valence-corrected chi connectivity index (χ1v) is 15.3. The molecule has 0 spiro atoms. The van der Waals surface area contributed by atoms with Crippen LogP contribution in [0.3, 0.4) is 0 Å². The molecule has 2 aromatic rings. The van der Waals surface area contributed by atoms with Gasteiger partial charge in [0.25, 0.3) is 0 Å². The lowest BCUT2D eigenvalue weighted by molar-refractivity contribution is 0.486. The van der Waals surface area contributed by atoms with E-state index >= 15 is 0 Å². The first-order valence-electron chi connectivity index (χ1n) is 15.3. The van der Waals surface area contributed by atoms with Gasteiger partial charge in [-0.3, -0.25) is 0 Å². The zero-order chi connectivity index (χ0) is 30.9. The molecule has 0 saturated carbocycles. The third-order valence-electron chi connectivity index (χ3n) is 8.47. The van der Waals surface area contributed by atoms with Crippen molar-refractivity contribution in [2.75, 3.05) is 0 Å². The molecule has 0 radical (unpaired) electrons. The van der Waals surface area contributed by atoms with Crippen LogP contribution in [0.4, 0.5) is 0 Å². The quantitative estimate of drug-likeness (QED) is 0.361. The van der Waals surface area contributed by atoms with Crippen molar-refractivity contribution in [3.8, 4) is 0 Å². The van der Waals surface area contributed by atoms with Gasteiger partial charge in [0.1, 0.15) is 0 Å². The zero-order valence-corrected chi connectivity index (χ0v) is 29.8. The Morgan fingerprint density at radius 3 is 0.769 bits per heavy atom. The van der Waals surface area contributed by atoms with Crippen LogP contribution in [0.15, 0.2) is 24.3 Å². The monoisotopic (exact) mass is 533 g/mol. The van der Waals surface area contributed by atoms with Crippen LogP contribution in [0.5, 0.6) is 0 Å². The molecule has 0 saturated heterocycles. The molecular weight excluding hydrogens is 468 g/mol. The summed E-state index contributed by atoms with van der Waals surface area (Å²) in [5.41, 5.74) is 12.0. The minimum absolute atomic E-state index is 0.0267. The van der Waals surface area contributed by atoms with Gasteiger partial charge in [-0.15, -0.1) is 0 Å². The van der Waals surface area contributed by atoms with Crippen LogP contribution in [0.25, 0.3) is 0 Å². The Bertz CT molecular complexity index is 1120. The fraction of sp³-hybridized carbons (Fsp3) is 0.692. The van der Waals surface area contributed by atoms with Crippen molar-refractivity contribution in [1.82, 2.24) is 0 Å². The first kappa shape index (κ1) is 33.6. The lowest BCUT2D eigenvalue weighted by Crippen LogP contribution is -2.34. The second-order valence-electron chi connectivity index (χ2n) is 19.0. The molecule has 0 nitrogen and oxygen atoms in total. The molecule has 39 heavy (non-hydrogen) atoms. The predicted molar refractivity (Wildman–Crippen MR) is 177 cm³/mol. The van der Waals surface area contributed by atoms with E-state index in [1.807, 2.05) is 0 Å². The van der Waals surface area contributed by atoms with Crippen molar-refractivity contribution in [2.45, 2.75) is 176 Å². The summed E-state index contributed by atoms with van der Waals surface area (Å²) in [7, 11) is 0. The Hall–Kier alpha value is -1.56. The number of rotatable bonds is 2. The van der Waals surface area contributed by atoms with Crippen LogP contribution in [-0.2, 0) is 37.9 Å². The van der Waals surface area contributed by atoms with E-state index in [2.05, 4.69) is 163 Å². The Morgan fingerprint density at radius 1 is 0.282 bits per heavy atom. The molecule has 0 N–H and O–H groups in total. The average molecular weight is 533 g/mol. The second-order valence-corrected chi connectivity index (χ2v) is 19.0. The van der Waals surface area contributed by atoms with Gasteiger partial charge >= 0.3 is 0 Å². The molecule has 0 heterocycles. The maximum absolute atomic E-state index is 2.58. The zero-order valence-electron chi connectivity index (χ0n) is 29.8. The van der Waals surface area contributed by atoms with E-state index in [4.69, 9.17) is 0 Å². The van der Waals surface area contributed by atoms with Crippen molar-refractivity contribution >= 4 is 0 Å². The lowest BCUT2D eigenvalue weighted by atomic mass is 9.62. The van der Waals surface area contributed by atoms with Gasteiger partial charge in [0.15, 0.2) is 0 Å². The van der Waals surface area contributed by atoms with Crippen molar-refractivity contribution in [3.63, 3.8) is 0 Å². The molecule has 0 unspecified atom stereocenters. The lowest BCUT2D eigenvalue weighted by Gasteiger charge is -2.42. The topological polar surface area (TPSA) is 0 Å². The molecule has 2 rings (SSSR count). The first-order chi connectivity index (χ1) is 16.9. The van der Waals surface area contributed by atoms with Crippen LogP contribution >= 0.6 is 0 Å². The summed E-state index contributed by atoms with van der Waals surface area (Å²) in [4.78, 5) is 0. The largest absolute Gasteiger partial charge is 0.0561 e. The second kappa shape index (κ2) is 9.77. The number of benzene rings is 2. The summed E-state index contributed by atoms with van der Waals surface area (Å²) in [5.74, 6) is 0. The average Bonchev–Trinajstić information content (AvgIpc) is 2.67. The molecule has 0 heteroatoms. The molecule has 0 fully saturated rings. The minimum atomic E-state index is -0.169. The van der Waals surface area contributed by atoms with Crippen LogP contribution in [0.1, 0.15) is 183 Å². The Kier molecular flexibility index (Phi) is 8.43.